The van der Waals surface area contributed by atoms with Gasteiger partial charge in [-0.2, -0.15) is 18.3 Å². The Labute approximate surface area is 103 Å². The highest BCUT2D eigenvalue weighted by Gasteiger charge is 2.35. The molecular formula is C11H16F3N3O. The van der Waals surface area contributed by atoms with Crippen LogP contribution in [0.5, 0.6) is 0 Å². The number of aliphatic hydroxyl groups excluding tert-OH is 1. The predicted octanol–water partition coefficient (Wildman–Crippen LogP) is 1.60. The molecule has 1 aliphatic rings. The molecule has 0 amide bonds. The Morgan fingerprint density at radius 2 is 2.28 bits per heavy atom. The minimum Gasteiger partial charge on any atom is -0.395 e. The Kier molecular flexibility index (Phi) is 3.91. The number of H-pyrrole nitrogens is 1. The van der Waals surface area contributed by atoms with Crippen LogP contribution in [-0.2, 0) is 6.18 Å². The van der Waals surface area contributed by atoms with E-state index < -0.39 is 11.9 Å². The second kappa shape index (κ2) is 5.27. The summed E-state index contributed by atoms with van der Waals surface area (Å²) in [4.78, 5) is 2.06. The van der Waals surface area contributed by atoms with Crippen LogP contribution in [0.4, 0.5) is 13.2 Å². The molecule has 0 spiro atoms. The van der Waals surface area contributed by atoms with E-state index in [1.807, 2.05) is 0 Å². The average molecular weight is 263 g/mol. The standard InChI is InChI=1S/C11H16F3N3O/c12-11(13,14)10-6-9(15-16-10)8-2-1-3-17(7-8)4-5-18/h6,8,18H,1-5,7H2,(H,15,16)/t8-/m1/s1. The Balaban J connectivity index is 2.05. The summed E-state index contributed by atoms with van der Waals surface area (Å²) >= 11 is 0. The molecule has 18 heavy (non-hydrogen) atoms. The third kappa shape index (κ3) is 3.02. The molecule has 102 valence electrons. The van der Waals surface area contributed by atoms with Gasteiger partial charge in [0.15, 0.2) is 5.69 Å². The Hall–Kier alpha value is -1.08. The molecule has 1 atom stereocenters. The minimum atomic E-state index is -4.39. The van der Waals surface area contributed by atoms with Crippen molar-refractivity contribution in [1.29, 1.82) is 0 Å². The van der Waals surface area contributed by atoms with E-state index in [0.29, 0.717) is 18.8 Å². The van der Waals surface area contributed by atoms with Gasteiger partial charge in [-0.1, -0.05) is 0 Å². The van der Waals surface area contributed by atoms with Crippen molar-refractivity contribution < 1.29 is 18.3 Å². The fourth-order valence-corrected chi connectivity index (χ4v) is 2.34. The van der Waals surface area contributed by atoms with Gasteiger partial charge in [0.2, 0.25) is 0 Å². The number of aromatic amines is 1. The summed E-state index contributed by atoms with van der Waals surface area (Å²) in [5, 5.41) is 14.7. The number of rotatable bonds is 3. The first-order valence-electron chi connectivity index (χ1n) is 5.96. The number of nitrogens with zero attached hydrogens (tertiary/aromatic N) is 2. The maximum atomic E-state index is 12.4. The van der Waals surface area contributed by atoms with Gasteiger partial charge in [0.1, 0.15) is 0 Å². The molecule has 1 aromatic rings. The second-order valence-electron chi connectivity index (χ2n) is 4.57. The van der Waals surface area contributed by atoms with Crippen LogP contribution in [0.3, 0.4) is 0 Å². The van der Waals surface area contributed by atoms with E-state index in [-0.39, 0.29) is 12.5 Å². The molecule has 4 nitrogen and oxygen atoms in total. The lowest BCUT2D eigenvalue weighted by Crippen LogP contribution is -2.36. The van der Waals surface area contributed by atoms with Crippen LogP contribution in [0.15, 0.2) is 6.07 Å². The number of piperidine rings is 1. The van der Waals surface area contributed by atoms with Crippen molar-refractivity contribution in [2.75, 3.05) is 26.2 Å². The first-order chi connectivity index (χ1) is 8.50. The number of aromatic nitrogens is 2. The van der Waals surface area contributed by atoms with E-state index in [0.717, 1.165) is 25.5 Å². The van der Waals surface area contributed by atoms with Gasteiger partial charge >= 0.3 is 6.18 Å². The SMILES string of the molecule is OCCN1CCC[C@@H](c2cc(C(F)(F)F)n[nH]2)C1. The summed E-state index contributed by atoms with van der Waals surface area (Å²) in [6.45, 7) is 2.19. The molecule has 1 aliphatic heterocycles. The molecule has 2 heterocycles. The van der Waals surface area contributed by atoms with Crippen LogP contribution in [0.1, 0.15) is 30.1 Å². The normalized spacial score (nSPS) is 22.3. The first-order valence-corrected chi connectivity index (χ1v) is 5.96. The summed E-state index contributed by atoms with van der Waals surface area (Å²) in [7, 11) is 0. The topological polar surface area (TPSA) is 52.1 Å². The maximum absolute atomic E-state index is 12.4. The van der Waals surface area contributed by atoms with Gasteiger partial charge < -0.3 is 10.0 Å². The number of aliphatic hydroxyl groups is 1. The van der Waals surface area contributed by atoms with Crippen molar-refractivity contribution in [3.63, 3.8) is 0 Å². The summed E-state index contributed by atoms with van der Waals surface area (Å²) in [5.41, 5.74) is -0.332. The lowest BCUT2D eigenvalue weighted by Gasteiger charge is -2.31. The Bertz CT molecular complexity index is 389. The molecule has 1 aromatic heterocycles. The first kappa shape index (κ1) is 13.4. The van der Waals surface area contributed by atoms with Crippen molar-refractivity contribution in [2.45, 2.75) is 24.9 Å². The minimum absolute atomic E-state index is 0.0360. The third-order valence-electron chi connectivity index (χ3n) is 3.25. The number of hydrogen-bond acceptors (Lipinski definition) is 3. The van der Waals surface area contributed by atoms with E-state index >= 15 is 0 Å². The smallest absolute Gasteiger partial charge is 0.395 e. The van der Waals surface area contributed by atoms with Crippen molar-refractivity contribution in [3.05, 3.63) is 17.5 Å². The van der Waals surface area contributed by atoms with Gasteiger partial charge in [0.25, 0.3) is 0 Å². The van der Waals surface area contributed by atoms with Crippen molar-refractivity contribution in [1.82, 2.24) is 15.1 Å². The number of halogens is 3. The molecular weight excluding hydrogens is 247 g/mol. The van der Waals surface area contributed by atoms with Crippen LogP contribution in [0, 0.1) is 0 Å². The van der Waals surface area contributed by atoms with Crippen molar-refractivity contribution in [3.8, 4) is 0 Å². The van der Waals surface area contributed by atoms with Gasteiger partial charge in [-0.15, -0.1) is 0 Å². The molecule has 2 rings (SSSR count). The second-order valence-corrected chi connectivity index (χ2v) is 4.57. The Morgan fingerprint density at radius 1 is 1.50 bits per heavy atom. The highest BCUT2D eigenvalue weighted by atomic mass is 19.4. The lowest BCUT2D eigenvalue weighted by molar-refractivity contribution is -0.141. The van der Waals surface area contributed by atoms with E-state index in [9.17, 15) is 13.2 Å². The largest absolute Gasteiger partial charge is 0.435 e. The van der Waals surface area contributed by atoms with Gasteiger partial charge in [-0.25, -0.2) is 0 Å². The molecule has 2 N–H and O–H groups in total. The molecule has 0 aromatic carbocycles. The van der Waals surface area contributed by atoms with Crippen LogP contribution in [0.25, 0.3) is 0 Å². The number of alkyl halides is 3. The quantitative estimate of drug-likeness (QED) is 0.871. The van der Waals surface area contributed by atoms with Crippen LogP contribution in [0.2, 0.25) is 0 Å². The van der Waals surface area contributed by atoms with Gasteiger partial charge in [0.05, 0.1) is 6.61 Å². The molecule has 1 saturated heterocycles. The molecule has 0 saturated carbocycles. The zero-order chi connectivity index (χ0) is 13.2. The van der Waals surface area contributed by atoms with E-state index in [1.54, 1.807) is 0 Å². The molecule has 0 aliphatic carbocycles. The number of β-amino-alcohol motifs (C(OH)–C–C–N with tert-alkyl or cyclic N) is 1. The summed E-state index contributed by atoms with van der Waals surface area (Å²) in [5.74, 6) is 0.0360. The molecule has 7 heteroatoms. The average Bonchev–Trinajstić information content (AvgIpc) is 2.78. The summed E-state index contributed by atoms with van der Waals surface area (Å²) < 4.78 is 37.3. The zero-order valence-electron chi connectivity index (χ0n) is 9.87. The molecule has 0 radical (unpaired) electrons. The molecule has 0 bridgehead atoms. The van der Waals surface area contributed by atoms with Gasteiger partial charge in [-0.3, -0.25) is 5.10 Å². The summed E-state index contributed by atoms with van der Waals surface area (Å²) in [6, 6.07) is 1.09. The highest BCUT2D eigenvalue weighted by molar-refractivity contribution is 5.16. The highest BCUT2D eigenvalue weighted by Crippen LogP contribution is 2.31. The molecule has 1 fully saturated rings. The lowest BCUT2D eigenvalue weighted by atomic mass is 9.94. The van der Waals surface area contributed by atoms with E-state index in [2.05, 4.69) is 15.1 Å². The Morgan fingerprint density at radius 3 is 2.89 bits per heavy atom. The van der Waals surface area contributed by atoms with Gasteiger partial charge in [-0.05, 0) is 25.5 Å². The van der Waals surface area contributed by atoms with Crippen LogP contribution >= 0.6 is 0 Å². The van der Waals surface area contributed by atoms with E-state index in [4.69, 9.17) is 5.11 Å². The maximum Gasteiger partial charge on any atom is 0.435 e. The fourth-order valence-electron chi connectivity index (χ4n) is 2.34. The number of likely N-dealkylation sites (tertiary alicyclic amines) is 1. The third-order valence-corrected chi connectivity index (χ3v) is 3.25. The van der Waals surface area contributed by atoms with E-state index in [1.165, 1.54) is 0 Å². The van der Waals surface area contributed by atoms with Crippen LogP contribution < -0.4 is 0 Å². The summed E-state index contributed by atoms with van der Waals surface area (Å²) in [6.07, 6.45) is -2.62. The monoisotopic (exact) mass is 263 g/mol. The van der Waals surface area contributed by atoms with Crippen molar-refractivity contribution >= 4 is 0 Å². The van der Waals surface area contributed by atoms with Crippen molar-refractivity contribution in [2.24, 2.45) is 0 Å². The van der Waals surface area contributed by atoms with Gasteiger partial charge in [0, 0.05) is 24.7 Å². The predicted molar refractivity (Wildman–Crippen MR) is 59.1 cm³/mol. The zero-order valence-corrected chi connectivity index (χ0v) is 9.87. The number of nitrogens with one attached hydrogen (secondary N) is 1. The number of hydrogen-bond donors (Lipinski definition) is 2. The molecule has 0 unspecified atom stereocenters. The fraction of sp³-hybridized carbons (Fsp3) is 0.727. The van der Waals surface area contributed by atoms with Crippen LogP contribution in [-0.4, -0.2) is 46.4 Å².